The van der Waals surface area contributed by atoms with E-state index < -0.39 is 10.0 Å². The highest BCUT2D eigenvalue weighted by Crippen LogP contribution is 2.38. The molecule has 0 radical (unpaired) electrons. The summed E-state index contributed by atoms with van der Waals surface area (Å²) in [4.78, 5) is 0. The van der Waals surface area contributed by atoms with Gasteiger partial charge in [0.05, 0.1) is 0 Å². The van der Waals surface area contributed by atoms with Gasteiger partial charge in [-0.15, -0.1) is 0 Å². The van der Waals surface area contributed by atoms with Crippen molar-refractivity contribution in [1.29, 1.82) is 0 Å². The van der Waals surface area contributed by atoms with Crippen molar-refractivity contribution >= 4 is 37.7 Å². The average Bonchev–Trinajstić information content (AvgIpc) is 2.28. The minimum Gasteiger partial charge on any atom is -0.213 e. The van der Waals surface area contributed by atoms with Crippen LogP contribution in [-0.2, 0) is 10.0 Å². The van der Waals surface area contributed by atoms with Gasteiger partial charge in [0.15, 0.2) is 0 Å². The van der Waals surface area contributed by atoms with E-state index in [2.05, 4.69) is 26.9 Å². The molecule has 0 saturated heterocycles. The van der Waals surface area contributed by atoms with E-state index in [1.807, 2.05) is 0 Å². The van der Waals surface area contributed by atoms with E-state index in [9.17, 15) is 8.42 Å². The second-order valence-corrected chi connectivity index (χ2v) is 8.38. The van der Waals surface area contributed by atoms with E-state index in [0.717, 1.165) is 12.8 Å². The van der Waals surface area contributed by atoms with Crippen LogP contribution in [0.3, 0.4) is 0 Å². The van der Waals surface area contributed by atoms with Crippen molar-refractivity contribution in [1.82, 2.24) is 4.72 Å². The Kier molecular flexibility index (Phi) is 5.42. The van der Waals surface area contributed by atoms with Crippen LogP contribution in [0.1, 0.15) is 32.1 Å². The third kappa shape index (κ3) is 4.24. The molecule has 15 heavy (non-hydrogen) atoms. The van der Waals surface area contributed by atoms with E-state index in [0.29, 0.717) is 6.54 Å². The van der Waals surface area contributed by atoms with Crippen LogP contribution in [0.25, 0.3) is 0 Å². The zero-order valence-corrected chi connectivity index (χ0v) is 12.2. The number of nitrogens with one attached hydrogen (secondary N) is 1. The molecule has 1 saturated carbocycles. The zero-order valence-electron chi connectivity index (χ0n) is 8.96. The van der Waals surface area contributed by atoms with Gasteiger partial charge in [0, 0.05) is 11.3 Å². The largest absolute Gasteiger partial charge is 0.221 e. The van der Waals surface area contributed by atoms with Gasteiger partial charge in [0.25, 0.3) is 0 Å². The summed E-state index contributed by atoms with van der Waals surface area (Å²) in [5.41, 5.74) is 0. The van der Waals surface area contributed by atoms with Gasteiger partial charge in [0.2, 0.25) is 10.0 Å². The van der Waals surface area contributed by atoms with Crippen molar-refractivity contribution in [3.05, 3.63) is 0 Å². The molecule has 0 bridgehead atoms. The van der Waals surface area contributed by atoms with E-state index >= 15 is 0 Å². The highest BCUT2D eigenvalue weighted by atomic mass is 79.9. The summed E-state index contributed by atoms with van der Waals surface area (Å²) < 4.78 is 25.5. The van der Waals surface area contributed by atoms with Gasteiger partial charge in [-0.1, -0.05) is 35.2 Å². The van der Waals surface area contributed by atoms with Crippen LogP contribution < -0.4 is 4.72 Å². The molecule has 1 rings (SSSR count). The van der Waals surface area contributed by atoms with E-state index in [-0.39, 0.29) is 9.41 Å². The fourth-order valence-electron chi connectivity index (χ4n) is 1.93. The molecule has 0 spiro atoms. The number of hydrogen-bond acceptors (Lipinski definition) is 3. The molecule has 6 heteroatoms. The Labute approximate surface area is 105 Å². The molecule has 3 nitrogen and oxygen atoms in total. The molecule has 1 N–H and O–H groups in total. The zero-order chi connectivity index (χ0) is 11.4. The molecule has 0 unspecified atom stereocenters. The summed E-state index contributed by atoms with van der Waals surface area (Å²) in [5, 5.41) is 0. The molecule has 0 atom stereocenters. The molecule has 1 aliphatic rings. The SMILES string of the molecule is CSC1(CNS(=O)(=O)CBr)CCCCC1. The van der Waals surface area contributed by atoms with Crippen LogP contribution >= 0.6 is 27.7 Å². The number of rotatable bonds is 5. The molecule has 0 amide bonds. The lowest BCUT2D eigenvalue weighted by Crippen LogP contribution is -2.41. The first-order valence-corrected chi connectivity index (χ1v) is 9.12. The number of halogens is 1. The highest BCUT2D eigenvalue weighted by Gasteiger charge is 2.32. The first-order chi connectivity index (χ1) is 7.04. The van der Waals surface area contributed by atoms with Gasteiger partial charge < -0.3 is 0 Å². The summed E-state index contributed by atoms with van der Waals surface area (Å²) >= 11 is 4.78. The molecule has 0 aromatic heterocycles. The fourth-order valence-corrected chi connectivity index (χ4v) is 3.99. The minimum absolute atomic E-state index is 0.00946. The Morgan fingerprint density at radius 3 is 2.40 bits per heavy atom. The van der Waals surface area contributed by atoms with Gasteiger partial charge in [-0.05, 0) is 19.1 Å². The van der Waals surface area contributed by atoms with Crippen molar-refractivity contribution < 1.29 is 8.42 Å². The predicted molar refractivity (Wildman–Crippen MR) is 70.0 cm³/mol. The second-order valence-electron chi connectivity index (χ2n) is 3.99. The van der Waals surface area contributed by atoms with Crippen molar-refractivity contribution in [2.45, 2.75) is 36.9 Å². The minimum atomic E-state index is -3.11. The number of sulfonamides is 1. The summed E-state index contributed by atoms with van der Waals surface area (Å²) in [6.07, 6.45) is 8.05. The van der Waals surface area contributed by atoms with Gasteiger partial charge in [-0.25, -0.2) is 13.1 Å². The van der Waals surface area contributed by atoms with Gasteiger partial charge in [0.1, 0.15) is 4.66 Å². The molecular weight excluding hydrogens is 298 g/mol. The van der Waals surface area contributed by atoms with Gasteiger partial charge >= 0.3 is 0 Å². The maximum absolute atomic E-state index is 11.3. The Morgan fingerprint density at radius 1 is 1.33 bits per heavy atom. The van der Waals surface area contributed by atoms with Crippen LogP contribution in [0.15, 0.2) is 0 Å². The summed E-state index contributed by atoms with van der Waals surface area (Å²) in [5.74, 6) is 0. The Bertz CT molecular complexity index is 286. The van der Waals surface area contributed by atoms with Crippen molar-refractivity contribution in [2.75, 3.05) is 17.5 Å². The molecule has 0 aromatic rings. The lowest BCUT2D eigenvalue weighted by atomic mass is 9.88. The second kappa shape index (κ2) is 5.89. The Hall–Kier alpha value is 0.740. The monoisotopic (exact) mass is 315 g/mol. The first kappa shape index (κ1) is 13.8. The third-order valence-electron chi connectivity index (χ3n) is 2.96. The van der Waals surface area contributed by atoms with E-state index in [1.54, 1.807) is 11.8 Å². The normalized spacial score (nSPS) is 21.5. The van der Waals surface area contributed by atoms with Crippen molar-refractivity contribution in [3.8, 4) is 0 Å². The topological polar surface area (TPSA) is 46.2 Å². The summed E-state index contributed by atoms with van der Waals surface area (Å²) in [6.45, 7) is 0.572. The van der Waals surface area contributed by atoms with Crippen LogP contribution in [0.2, 0.25) is 0 Å². The third-order valence-corrected chi connectivity index (χ3v) is 7.05. The molecule has 90 valence electrons. The lowest BCUT2D eigenvalue weighted by molar-refractivity contribution is 0.395. The quantitative estimate of drug-likeness (QED) is 0.792. The molecule has 0 aromatic carbocycles. The molecule has 0 aliphatic heterocycles. The van der Waals surface area contributed by atoms with Crippen LogP contribution in [0.5, 0.6) is 0 Å². The van der Waals surface area contributed by atoms with Crippen LogP contribution in [0, 0.1) is 0 Å². The lowest BCUT2D eigenvalue weighted by Gasteiger charge is -2.35. The first-order valence-electron chi connectivity index (χ1n) is 5.12. The molecule has 1 fully saturated rings. The Morgan fingerprint density at radius 2 is 1.93 bits per heavy atom. The van der Waals surface area contributed by atoms with Crippen molar-refractivity contribution in [2.24, 2.45) is 0 Å². The number of alkyl halides is 1. The molecule has 0 heterocycles. The van der Waals surface area contributed by atoms with Crippen LogP contribution in [-0.4, -0.2) is 30.6 Å². The average molecular weight is 316 g/mol. The molecular formula is C9H18BrNO2S2. The number of thioether (sulfide) groups is 1. The standard InChI is InChI=1S/C9H18BrNO2S2/c1-14-9(5-3-2-4-6-9)7-11-15(12,13)8-10/h11H,2-8H2,1H3. The van der Waals surface area contributed by atoms with Crippen LogP contribution in [0.4, 0.5) is 0 Å². The maximum Gasteiger partial charge on any atom is 0.221 e. The van der Waals surface area contributed by atoms with Crippen molar-refractivity contribution in [3.63, 3.8) is 0 Å². The highest BCUT2D eigenvalue weighted by molar-refractivity contribution is 9.10. The van der Waals surface area contributed by atoms with Gasteiger partial charge in [-0.3, -0.25) is 0 Å². The molecule has 1 aliphatic carbocycles. The summed E-state index contributed by atoms with van der Waals surface area (Å²) in [6, 6.07) is 0. The Balaban J connectivity index is 2.53. The smallest absolute Gasteiger partial charge is 0.213 e. The summed E-state index contributed by atoms with van der Waals surface area (Å²) in [7, 11) is -3.11. The van der Waals surface area contributed by atoms with Gasteiger partial charge in [-0.2, -0.15) is 11.8 Å². The maximum atomic E-state index is 11.3. The predicted octanol–water partition coefficient (Wildman–Crippen LogP) is 2.32. The fraction of sp³-hybridized carbons (Fsp3) is 1.00. The number of hydrogen-bond donors (Lipinski definition) is 1. The van der Waals surface area contributed by atoms with E-state index in [4.69, 9.17) is 0 Å². The van der Waals surface area contributed by atoms with E-state index in [1.165, 1.54) is 19.3 Å².